The van der Waals surface area contributed by atoms with Gasteiger partial charge in [-0.15, -0.1) is 0 Å². The van der Waals surface area contributed by atoms with Crippen molar-refractivity contribution in [2.24, 2.45) is 0 Å². The molecular formula is C12H13F3N2O3. The van der Waals surface area contributed by atoms with E-state index in [1.807, 2.05) is 0 Å². The van der Waals surface area contributed by atoms with Crippen LogP contribution in [0, 0.1) is 10.1 Å². The number of nitro groups is 1. The summed E-state index contributed by atoms with van der Waals surface area (Å²) < 4.78 is 43.5. The standard InChI is InChI=1S/C12H13F3N2O3/c13-12(14,15)10-6-9(3-4-11(10)17(18)19)20-7-8-2-1-5-16-8/h3-4,6,8,16H,1-2,5,7H2. The maximum Gasteiger partial charge on any atom is 0.423 e. The van der Waals surface area contributed by atoms with Crippen LogP contribution in [0.1, 0.15) is 18.4 Å². The van der Waals surface area contributed by atoms with Crippen LogP contribution >= 0.6 is 0 Å². The fourth-order valence-electron chi connectivity index (χ4n) is 2.09. The highest BCUT2D eigenvalue weighted by Crippen LogP contribution is 2.38. The van der Waals surface area contributed by atoms with Gasteiger partial charge in [-0.3, -0.25) is 10.1 Å². The summed E-state index contributed by atoms with van der Waals surface area (Å²) >= 11 is 0. The van der Waals surface area contributed by atoms with E-state index in [9.17, 15) is 23.3 Å². The van der Waals surface area contributed by atoms with Gasteiger partial charge in [-0.05, 0) is 31.5 Å². The van der Waals surface area contributed by atoms with Gasteiger partial charge in [-0.25, -0.2) is 0 Å². The van der Waals surface area contributed by atoms with E-state index >= 15 is 0 Å². The highest BCUT2D eigenvalue weighted by Gasteiger charge is 2.38. The summed E-state index contributed by atoms with van der Waals surface area (Å²) in [5.74, 6) is -0.0170. The molecule has 1 aliphatic rings. The number of nitro benzene ring substituents is 1. The normalized spacial score (nSPS) is 19.1. The average Bonchev–Trinajstić information content (AvgIpc) is 2.88. The van der Waals surface area contributed by atoms with E-state index in [-0.39, 0.29) is 18.4 Å². The van der Waals surface area contributed by atoms with E-state index < -0.39 is 22.4 Å². The summed E-state index contributed by atoms with van der Waals surface area (Å²) in [4.78, 5) is 9.55. The number of benzene rings is 1. The molecule has 20 heavy (non-hydrogen) atoms. The van der Waals surface area contributed by atoms with E-state index in [4.69, 9.17) is 4.74 Å². The Morgan fingerprint density at radius 2 is 2.20 bits per heavy atom. The molecule has 0 aromatic heterocycles. The third kappa shape index (κ3) is 3.38. The molecule has 1 aromatic rings. The third-order valence-electron chi connectivity index (χ3n) is 3.08. The molecule has 110 valence electrons. The van der Waals surface area contributed by atoms with Crippen molar-refractivity contribution < 1.29 is 22.8 Å². The number of nitrogens with one attached hydrogen (secondary N) is 1. The lowest BCUT2D eigenvalue weighted by atomic mass is 10.1. The molecule has 0 spiro atoms. The van der Waals surface area contributed by atoms with Crippen LogP contribution in [-0.4, -0.2) is 24.1 Å². The van der Waals surface area contributed by atoms with Crippen LogP contribution in [-0.2, 0) is 6.18 Å². The minimum Gasteiger partial charge on any atom is -0.492 e. The average molecular weight is 290 g/mol. The molecule has 1 aliphatic heterocycles. The summed E-state index contributed by atoms with van der Waals surface area (Å²) in [7, 11) is 0. The number of ether oxygens (including phenoxy) is 1. The summed E-state index contributed by atoms with van der Waals surface area (Å²) in [6.07, 6.45) is -2.88. The van der Waals surface area contributed by atoms with Crippen LogP contribution < -0.4 is 10.1 Å². The highest BCUT2D eigenvalue weighted by atomic mass is 19.4. The molecule has 1 N–H and O–H groups in total. The van der Waals surface area contributed by atoms with Crippen LogP contribution in [0.2, 0.25) is 0 Å². The fourth-order valence-corrected chi connectivity index (χ4v) is 2.09. The second-order valence-corrected chi connectivity index (χ2v) is 4.54. The first kappa shape index (κ1) is 14.6. The van der Waals surface area contributed by atoms with Crippen LogP contribution in [0.5, 0.6) is 5.75 Å². The molecule has 1 saturated heterocycles. The third-order valence-corrected chi connectivity index (χ3v) is 3.08. The van der Waals surface area contributed by atoms with Crippen molar-refractivity contribution in [3.05, 3.63) is 33.9 Å². The number of hydrogen-bond acceptors (Lipinski definition) is 4. The van der Waals surface area contributed by atoms with Gasteiger partial charge in [-0.2, -0.15) is 13.2 Å². The number of rotatable bonds is 4. The predicted molar refractivity (Wildman–Crippen MR) is 64.6 cm³/mol. The number of nitrogens with zero attached hydrogens (tertiary/aromatic N) is 1. The van der Waals surface area contributed by atoms with Gasteiger partial charge in [0.1, 0.15) is 17.9 Å². The zero-order chi connectivity index (χ0) is 14.8. The van der Waals surface area contributed by atoms with Crippen LogP contribution in [0.3, 0.4) is 0 Å². The van der Waals surface area contributed by atoms with Crippen LogP contribution in [0.4, 0.5) is 18.9 Å². The molecule has 1 aromatic carbocycles. The summed E-state index contributed by atoms with van der Waals surface area (Å²) in [6, 6.07) is 2.79. The predicted octanol–water partition coefficient (Wildman–Crippen LogP) is 2.74. The van der Waals surface area contributed by atoms with Gasteiger partial charge in [0.2, 0.25) is 0 Å². The fraction of sp³-hybridized carbons (Fsp3) is 0.500. The Morgan fingerprint density at radius 1 is 1.45 bits per heavy atom. The minimum absolute atomic E-state index is 0.0170. The molecule has 0 amide bonds. The van der Waals surface area contributed by atoms with Gasteiger partial charge < -0.3 is 10.1 Å². The van der Waals surface area contributed by atoms with Crippen molar-refractivity contribution in [3.63, 3.8) is 0 Å². The molecule has 2 rings (SSSR count). The number of hydrogen-bond donors (Lipinski definition) is 1. The maximum atomic E-state index is 12.8. The van der Waals surface area contributed by atoms with E-state index in [1.54, 1.807) is 0 Å². The summed E-state index contributed by atoms with van der Waals surface area (Å²) in [5, 5.41) is 13.7. The van der Waals surface area contributed by atoms with Crippen molar-refractivity contribution in [1.82, 2.24) is 5.32 Å². The maximum absolute atomic E-state index is 12.8. The quantitative estimate of drug-likeness (QED) is 0.684. The lowest BCUT2D eigenvalue weighted by Gasteiger charge is -2.14. The molecule has 1 atom stereocenters. The molecule has 0 saturated carbocycles. The topological polar surface area (TPSA) is 64.4 Å². The van der Waals surface area contributed by atoms with E-state index in [0.29, 0.717) is 6.07 Å². The first-order chi connectivity index (χ1) is 9.38. The van der Waals surface area contributed by atoms with Crippen molar-refractivity contribution in [2.45, 2.75) is 25.1 Å². The summed E-state index contributed by atoms with van der Waals surface area (Å²) in [6.45, 7) is 1.11. The Morgan fingerprint density at radius 3 is 2.75 bits per heavy atom. The lowest BCUT2D eigenvalue weighted by molar-refractivity contribution is -0.388. The van der Waals surface area contributed by atoms with Gasteiger partial charge in [0.25, 0.3) is 5.69 Å². The number of halogens is 3. The first-order valence-corrected chi connectivity index (χ1v) is 6.10. The molecule has 0 bridgehead atoms. The molecule has 1 fully saturated rings. The van der Waals surface area contributed by atoms with Crippen molar-refractivity contribution in [3.8, 4) is 5.75 Å². The van der Waals surface area contributed by atoms with E-state index in [0.717, 1.165) is 25.5 Å². The zero-order valence-corrected chi connectivity index (χ0v) is 10.4. The molecule has 5 nitrogen and oxygen atoms in total. The molecule has 1 heterocycles. The highest BCUT2D eigenvalue weighted by molar-refractivity contribution is 5.46. The SMILES string of the molecule is O=[N+]([O-])c1ccc(OCC2CCCN2)cc1C(F)(F)F. The molecule has 0 aliphatic carbocycles. The zero-order valence-electron chi connectivity index (χ0n) is 10.4. The Kier molecular flexibility index (Phi) is 4.12. The van der Waals surface area contributed by atoms with Crippen LogP contribution in [0.25, 0.3) is 0 Å². The Labute approximate surface area is 112 Å². The molecular weight excluding hydrogens is 277 g/mol. The van der Waals surface area contributed by atoms with Crippen molar-refractivity contribution in [2.75, 3.05) is 13.2 Å². The number of alkyl halides is 3. The molecule has 1 unspecified atom stereocenters. The first-order valence-electron chi connectivity index (χ1n) is 6.10. The van der Waals surface area contributed by atoms with Crippen molar-refractivity contribution >= 4 is 5.69 Å². The Balaban J connectivity index is 2.16. The van der Waals surface area contributed by atoms with E-state index in [2.05, 4.69) is 5.32 Å². The monoisotopic (exact) mass is 290 g/mol. The van der Waals surface area contributed by atoms with Gasteiger partial charge in [0.05, 0.1) is 4.92 Å². The van der Waals surface area contributed by atoms with Gasteiger partial charge in [0.15, 0.2) is 0 Å². The van der Waals surface area contributed by atoms with Gasteiger partial charge >= 0.3 is 6.18 Å². The summed E-state index contributed by atoms with van der Waals surface area (Å²) in [5.41, 5.74) is -2.26. The van der Waals surface area contributed by atoms with Crippen LogP contribution in [0.15, 0.2) is 18.2 Å². The second kappa shape index (κ2) is 5.66. The lowest BCUT2D eigenvalue weighted by Crippen LogP contribution is -2.28. The Bertz CT molecular complexity index is 499. The molecule has 0 radical (unpaired) electrons. The molecule has 8 heteroatoms. The van der Waals surface area contributed by atoms with Crippen molar-refractivity contribution in [1.29, 1.82) is 0 Å². The smallest absolute Gasteiger partial charge is 0.423 e. The largest absolute Gasteiger partial charge is 0.492 e. The minimum atomic E-state index is -4.78. The van der Waals surface area contributed by atoms with Gasteiger partial charge in [-0.1, -0.05) is 0 Å². The van der Waals surface area contributed by atoms with E-state index in [1.165, 1.54) is 6.07 Å². The van der Waals surface area contributed by atoms with Gasteiger partial charge in [0, 0.05) is 12.1 Å². The Hall–Kier alpha value is -1.83. The second-order valence-electron chi connectivity index (χ2n) is 4.54.